The first kappa shape index (κ1) is 15.2. The average Bonchev–Trinajstić information content (AvgIpc) is 2.77. The fourth-order valence-electron chi connectivity index (χ4n) is 2.03. The number of hydrogen-bond acceptors (Lipinski definition) is 2. The summed E-state index contributed by atoms with van der Waals surface area (Å²) in [5.41, 5.74) is 2.68. The molecule has 0 unspecified atom stereocenters. The van der Waals surface area contributed by atoms with E-state index in [-0.39, 0.29) is 0 Å². The Balaban J connectivity index is 2.32. The van der Waals surface area contributed by atoms with Gasteiger partial charge >= 0.3 is 0 Å². The van der Waals surface area contributed by atoms with Gasteiger partial charge in [0.2, 0.25) is 5.95 Å². The highest BCUT2D eigenvalue weighted by Gasteiger charge is 2.12. The lowest BCUT2D eigenvalue weighted by Gasteiger charge is -2.13. The number of nitrogens with zero attached hydrogens (tertiary/aromatic N) is 2. The molecule has 0 radical (unpaired) electrons. The lowest BCUT2D eigenvalue weighted by atomic mass is 10.2. The van der Waals surface area contributed by atoms with E-state index in [0.29, 0.717) is 10.0 Å². The molecule has 1 aromatic heterocycles. The molecule has 2 rings (SSSR count). The summed E-state index contributed by atoms with van der Waals surface area (Å²) in [5, 5.41) is 4.51. The van der Waals surface area contributed by atoms with Crippen LogP contribution in [-0.2, 0) is 6.54 Å². The van der Waals surface area contributed by atoms with Crippen LogP contribution in [0, 0.1) is 13.8 Å². The van der Waals surface area contributed by atoms with Gasteiger partial charge in [0.1, 0.15) is 0 Å². The summed E-state index contributed by atoms with van der Waals surface area (Å²) in [7, 11) is 0. The standard InChI is InChI=1S/C15H19Cl2N3/c1-4-5-8-20-9-11(3)18-15(20)19-14-12(16)7-6-10(2)13(14)17/h6-7,9H,4-5,8H2,1-3H3,(H,18,19). The summed E-state index contributed by atoms with van der Waals surface area (Å²) in [6, 6.07) is 3.75. The van der Waals surface area contributed by atoms with Crippen molar-refractivity contribution in [3.05, 3.63) is 39.6 Å². The summed E-state index contributed by atoms with van der Waals surface area (Å²) < 4.78 is 2.10. The summed E-state index contributed by atoms with van der Waals surface area (Å²) >= 11 is 12.6. The fraction of sp³-hybridized carbons (Fsp3) is 0.400. The average molecular weight is 312 g/mol. The number of hydrogen-bond donors (Lipinski definition) is 1. The number of aryl methyl sites for hydroxylation is 3. The molecule has 3 nitrogen and oxygen atoms in total. The maximum absolute atomic E-state index is 6.33. The van der Waals surface area contributed by atoms with Gasteiger partial charge in [-0.1, -0.05) is 42.6 Å². The second-order valence-corrected chi connectivity index (χ2v) is 5.72. The maximum Gasteiger partial charge on any atom is 0.207 e. The largest absolute Gasteiger partial charge is 0.323 e. The first-order valence-electron chi connectivity index (χ1n) is 6.78. The monoisotopic (exact) mass is 311 g/mol. The van der Waals surface area contributed by atoms with E-state index in [2.05, 4.69) is 21.8 Å². The van der Waals surface area contributed by atoms with E-state index in [1.165, 1.54) is 0 Å². The minimum absolute atomic E-state index is 0.600. The minimum Gasteiger partial charge on any atom is -0.323 e. The molecule has 0 aliphatic rings. The molecule has 0 fully saturated rings. The van der Waals surface area contributed by atoms with Crippen molar-refractivity contribution in [3.8, 4) is 0 Å². The topological polar surface area (TPSA) is 29.9 Å². The van der Waals surface area contributed by atoms with Crippen molar-refractivity contribution in [2.75, 3.05) is 5.32 Å². The van der Waals surface area contributed by atoms with Crippen molar-refractivity contribution in [1.29, 1.82) is 0 Å². The zero-order valence-corrected chi connectivity index (χ0v) is 13.5. The molecular formula is C15H19Cl2N3. The Kier molecular flexibility index (Phi) is 4.95. The van der Waals surface area contributed by atoms with Gasteiger partial charge in [0.25, 0.3) is 0 Å². The number of benzene rings is 1. The number of anilines is 2. The van der Waals surface area contributed by atoms with Gasteiger partial charge in [-0.3, -0.25) is 0 Å². The smallest absolute Gasteiger partial charge is 0.207 e. The molecule has 0 bridgehead atoms. The number of imidazole rings is 1. The van der Waals surface area contributed by atoms with E-state index in [4.69, 9.17) is 23.2 Å². The fourth-order valence-corrected chi connectivity index (χ4v) is 2.49. The minimum atomic E-state index is 0.600. The van der Waals surface area contributed by atoms with Crippen molar-refractivity contribution in [2.24, 2.45) is 0 Å². The number of rotatable bonds is 5. The molecule has 0 saturated carbocycles. The second-order valence-electron chi connectivity index (χ2n) is 4.93. The first-order valence-corrected chi connectivity index (χ1v) is 7.54. The molecule has 1 heterocycles. The number of aromatic nitrogens is 2. The van der Waals surface area contributed by atoms with Gasteiger partial charge in [0.15, 0.2) is 0 Å². The molecule has 1 N–H and O–H groups in total. The Hall–Kier alpha value is -1.19. The van der Waals surface area contributed by atoms with Gasteiger partial charge < -0.3 is 9.88 Å². The highest BCUT2D eigenvalue weighted by molar-refractivity contribution is 6.39. The SMILES string of the molecule is CCCCn1cc(C)nc1Nc1c(Cl)ccc(C)c1Cl. The highest BCUT2D eigenvalue weighted by Crippen LogP contribution is 2.34. The van der Waals surface area contributed by atoms with Crippen LogP contribution in [0.1, 0.15) is 31.0 Å². The number of nitrogens with one attached hydrogen (secondary N) is 1. The zero-order chi connectivity index (χ0) is 14.7. The zero-order valence-electron chi connectivity index (χ0n) is 12.0. The molecule has 0 spiro atoms. The second kappa shape index (κ2) is 6.51. The number of halogens is 2. The normalized spacial score (nSPS) is 10.8. The van der Waals surface area contributed by atoms with Gasteiger partial charge in [0, 0.05) is 12.7 Å². The van der Waals surface area contributed by atoms with E-state index < -0.39 is 0 Å². The van der Waals surface area contributed by atoms with Crippen LogP contribution in [-0.4, -0.2) is 9.55 Å². The van der Waals surface area contributed by atoms with E-state index in [1.54, 1.807) is 0 Å². The molecule has 0 aliphatic carbocycles. The van der Waals surface area contributed by atoms with Crippen LogP contribution in [0.5, 0.6) is 0 Å². The van der Waals surface area contributed by atoms with Gasteiger partial charge in [-0.2, -0.15) is 0 Å². The van der Waals surface area contributed by atoms with Gasteiger partial charge in [-0.05, 0) is 31.9 Å². The summed E-state index contributed by atoms with van der Waals surface area (Å²) in [4.78, 5) is 4.51. The van der Waals surface area contributed by atoms with E-state index in [9.17, 15) is 0 Å². The van der Waals surface area contributed by atoms with Crippen LogP contribution < -0.4 is 5.32 Å². The summed E-state index contributed by atoms with van der Waals surface area (Å²) in [5.74, 6) is 0.783. The summed E-state index contributed by atoms with van der Waals surface area (Å²) in [6.07, 6.45) is 4.29. The van der Waals surface area contributed by atoms with Crippen molar-refractivity contribution < 1.29 is 0 Å². The van der Waals surface area contributed by atoms with E-state index in [0.717, 1.165) is 42.3 Å². The first-order chi connectivity index (χ1) is 9.52. The lowest BCUT2D eigenvalue weighted by Crippen LogP contribution is -2.04. The van der Waals surface area contributed by atoms with Crippen LogP contribution in [0.15, 0.2) is 18.3 Å². The van der Waals surface area contributed by atoms with Crippen molar-refractivity contribution in [2.45, 2.75) is 40.2 Å². The molecule has 0 saturated heterocycles. The quantitative estimate of drug-likeness (QED) is 0.806. The Labute approximate surface area is 129 Å². The van der Waals surface area contributed by atoms with Crippen molar-refractivity contribution in [3.63, 3.8) is 0 Å². The molecule has 108 valence electrons. The molecule has 5 heteroatoms. The third kappa shape index (κ3) is 3.28. The van der Waals surface area contributed by atoms with Crippen molar-refractivity contribution >= 4 is 34.8 Å². The third-order valence-corrected chi connectivity index (χ3v) is 3.97. The molecule has 0 aliphatic heterocycles. The molecule has 1 aromatic carbocycles. The molecule has 2 aromatic rings. The molecule has 0 atom stereocenters. The summed E-state index contributed by atoms with van der Waals surface area (Å²) in [6.45, 7) is 7.04. The van der Waals surface area contributed by atoms with E-state index in [1.807, 2.05) is 32.2 Å². The van der Waals surface area contributed by atoms with Crippen LogP contribution in [0.25, 0.3) is 0 Å². The third-order valence-electron chi connectivity index (χ3n) is 3.17. The Morgan fingerprint density at radius 2 is 2.00 bits per heavy atom. The molecule has 20 heavy (non-hydrogen) atoms. The van der Waals surface area contributed by atoms with Gasteiger partial charge in [-0.15, -0.1) is 0 Å². The highest BCUT2D eigenvalue weighted by atomic mass is 35.5. The predicted molar refractivity (Wildman–Crippen MR) is 86.4 cm³/mol. The lowest BCUT2D eigenvalue weighted by molar-refractivity contribution is 0.637. The van der Waals surface area contributed by atoms with Crippen molar-refractivity contribution in [1.82, 2.24) is 9.55 Å². The van der Waals surface area contributed by atoms with Crippen LogP contribution in [0.4, 0.5) is 11.6 Å². The Bertz CT molecular complexity index is 605. The predicted octanol–water partition coefficient (Wildman–Crippen LogP) is 5.35. The molecule has 0 amide bonds. The van der Waals surface area contributed by atoms with Crippen LogP contribution in [0.3, 0.4) is 0 Å². The van der Waals surface area contributed by atoms with Gasteiger partial charge in [0.05, 0.1) is 21.4 Å². The maximum atomic E-state index is 6.33. The Morgan fingerprint density at radius 3 is 2.70 bits per heavy atom. The Morgan fingerprint density at radius 1 is 1.25 bits per heavy atom. The van der Waals surface area contributed by atoms with Crippen LogP contribution in [0.2, 0.25) is 10.0 Å². The van der Waals surface area contributed by atoms with Crippen LogP contribution >= 0.6 is 23.2 Å². The van der Waals surface area contributed by atoms with Gasteiger partial charge in [-0.25, -0.2) is 4.98 Å². The van der Waals surface area contributed by atoms with E-state index >= 15 is 0 Å². The number of unbranched alkanes of at least 4 members (excludes halogenated alkanes) is 1. The molecular weight excluding hydrogens is 293 g/mol.